The van der Waals surface area contributed by atoms with Crippen LogP contribution in [-0.2, 0) is 16.0 Å². The first-order valence-corrected chi connectivity index (χ1v) is 9.42. The number of ether oxygens (including phenoxy) is 2. The lowest BCUT2D eigenvalue weighted by molar-refractivity contribution is -0.116. The Morgan fingerprint density at radius 2 is 1.89 bits per heavy atom. The number of hydrogen-bond acceptors (Lipinski definition) is 4. The summed E-state index contributed by atoms with van der Waals surface area (Å²) in [4.78, 5) is 11.5. The summed E-state index contributed by atoms with van der Waals surface area (Å²) in [5.41, 5.74) is 2.97. The highest BCUT2D eigenvalue weighted by Crippen LogP contribution is 2.31. The third-order valence-electron chi connectivity index (χ3n) is 5.27. The molecule has 5 rings (SSSR count). The fraction of sp³-hybridized carbons (Fsp3) is 0.333. The molecular weight excluding hydrogens is 342 g/mol. The van der Waals surface area contributed by atoms with Gasteiger partial charge in [-0.3, -0.25) is 9.48 Å². The predicted octanol–water partition coefficient (Wildman–Crippen LogP) is 4.06. The molecule has 1 aromatic heterocycles. The summed E-state index contributed by atoms with van der Waals surface area (Å²) in [6, 6.07) is 12.2. The van der Waals surface area contributed by atoms with Crippen LogP contribution in [-0.4, -0.2) is 28.9 Å². The number of amides is 1. The Bertz CT molecular complexity index is 1010. The van der Waals surface area contributed by atoms with Gasteiger partial charge in [-0.15, -0.1) is 0 Å². The van der Waals surface area contributed by atoms with E-state index in [4.69, 9.17) is 14.6 Å². The molecule has 2 aliphatic rings. The van der Waals surface area contributed by atoms with Gasteiger partial charge < -0.3 is 14.8 Å². The van der Waals surface area contributed by atoms with Gasteiger partial charge in [0.15, 0.2) is 0 Å². The molecule has 6 nitrogen and oxygen atoms in total. The van der Waals surface area contributed by atoms with Crippen LogP contribution in [0, 0.1) is 0 Å². The molecule has 2 aromatic carbocycles. The molecule has 0 bridgehead atoms. The highest BCUT2D eigenvalue weighted by Gasteiger charge is 2.18. The first kappa shape index (κ1) is 16.3. The van der Waals surface area contributed by atoms with Crippen molar-refractivity contribution in [3.8, 4) is 11.5 Å². The number of rotatable bonds is 3. The van der Waals surface area contributed by atoms with Gasteiger partial charge in [-0.1, -0.05) is 0 Å². The van der Waals surface area contributed by atoms with Crippen LogP contribution in [0.15, 0.2) is 42.6 Å². The molecule has 1 amide bonds. The average molecular weight is 363 g/mol. The lowest BCUT2D eigenvalue weighted by Gasteiger charge is -2.22. The first-order chi connectivity index (χ1) is 13.2. The normalized spacial score (nSPS) is 17.6. The van der Waals surface area contributed by atoms with Gasteiger partial charge in [0, 0.05) is 36.9 Å². The SMILES string of the molecule is O=C1CCc2cc(Oc3ccc4nn(C5CCOCC5)cc4c3)ccc2N1. The molecule has 0 aliphatic carbocycles. The highest BCUT2D eigenvalue weighted by atomic mass is 16.5. The summed E-state index contributed by atoms with van der Waals surface area (Å²) < 4.78 is 13.6. The van der Waals surface area contributed by atoms with Crippen LogP contribution in [0.25, 0.3) is 10.9 Å². The Morgan fingerprint density at radius 1 is 1.07 bits per heavy atom. The van der Waals surface area contributed by atoms with Crippen molar-refractivity contribution in [2.24, 2.45) is 0 Å². The summed E-state index contributed by atoms with van der Waals surface area (Å²) >= 11 is 0. The van der Waals surface area contributed by atoms with Crippen molar-refractivity contribution in [1.29, 1.82) is 0 Å². The van der Waals surface area contributed by atoms with Crippen molar-refractivity contribution in [2.75, 3.05) is 18.5 Å². The van der Waals surface area contributed by atoms with Crippen LogP contribution in [0.4, 0.5) is 5.69 Å². The molecule has 0 saturated carbocycles. The molecule has 2 aliphatic heterocycles. The van der Waals surface area contributed by atoms with E-state index in [9.17, 15) is 4.79 Å². The minimum absolute atomic E-state index is 0.0724. The molecular formula is C21H21N3O3. The number of fused-ring (bicyclic) bond motifs is 2. The van der Waals surface area contributed by atoms with Gasteiger partial charge in [0.05, 0.1) is 11.6 Å². The fourth-order valence-corrected chi connectivity index (χ4v) is 3.78. The third-order valence-corrected chi connectivity index (χ3v) is 5.27. The zero-order valence-electron chi connectivity index (χ0n) is 15.0. The summed E-state index contributed by atoms with van der Waals surface area (Å²) in [5.74, 6) is 1.64. The van der Waals surface area contributed by atoms with Gasteiger partial charge >= 0.3 is 0 Å². The average Bonchev–Trinajstić information content (AvgIpc) is 3.12. The minimum atomic E-state index is 0.0724. The van der Waals surface area contributed by atoms with Crippen molar-refractivity contribution in [2.45, 2.75) is 31.7 Å². The molecule has 1 N–H and O–H groups in total. The largest absolute Gasteiger partial charge is 0.457 e. The van der Waals surface area contributed by atoms with Crippen LogP contribution in [0.1, 0.15) is 30.9 Å². The van der Waals surface area contributed by atoms with Crippen molar-refractivity contribution < 1.29 is 14.3 Å². The quantitative estimate of drug-likeness (QED) is 0.762. The molecule has 138 valence electrons. The maximum atomic E-state index is 11.5. The third kappa shape index (κ3) is 3.28. The number of nitrogens with one attached hydrogen (secondary N) is 1. The first-order valence-electron chi connectivity index (χ1n) is 9.42. The molecule has 3 aromatic rings. The molecule has 0 radical (unpaired) electrons. The number of nitrogens with zero attached hydrogens (tertiary/aromatic N) is 2. The zero-order chi connectivity index (χ0) is 18.2. The van der Waals surface area contributed by atoms with Gasteiger partial charge in [-0.25, -0.2) is 0 Å². The summed E-state index contributed by atoms with van der Waals surface area (Å²) in [7, 11) is 0. The Kier molecular flexibility index (Phi) is 4.05. The lowest BCUT2D eigenvalue weighted by atomic mass is 10.0. The summed E-state index contributed by atoms with van der Waals surface area (Å²) in [6.07, 6.45) is 5.37. The van der Waals surface area contributed by atoms with Gasteiger partial charge in [0.2, 0.25) is 5.91 Å². The second-order valence-corrected chi connectivity index (χ2v) is 7.14. The van der Waals surface area contributed by atoms with E-state index in [-0.39, 0.29) is 5.91 Å². The Labute approximate surface area is 157 Å². The molecule has 3 heterocycles. The van der Waals surface area contributed by atoms with Crippen LogP contribution in [0.5, 0.6) is 11.5 Å². The van der Waals surface area contributed by atoms with E-state index in [1.54, 1.807) is 0 Å². The van der Waals surface area contributed by atoms with Crippen LogP contribution >= 0.6 is 0 Å². The molecule has 1 saturated heterocycles. The fourth-order valence-electron chi connectivity index (χ4n) is 3.78. The lowest BCUT2D eigenvalue weighted by Crippen LogP contribution is -2.19. The number of hydrogen-bond donors (Lipinski definition) is 1. The van der Waals surface area contributed by atoms with Gasteiger partial charge in [-0.05, 0) is 61.2 Å². The number of carbonyl (C=O) groups is 1. The van der Waals surface area contributed by atoms with E-state index < -0.39 is 0 Å². The van der Waals surface area contributed by atoms with Crippen LogP contribution in [0.3, 0.4) is 0 Å². The van der Waals surface area contributed by atoms with Crippen molar-refractivity contribution in [1.82, 2.24) is 9.78 Å². The monoisotopic (exact) mass is 363 g/mol. The molecule has 1 fully saturated rings. The minimum Gasteiger partial charge on any atom is -0.457 e. The van der Waals surface area contributed by atoms with Crippen LogP contribution < -0.4 is 10.1 Å². The Morgan fingerprint density at radius 3 is 2.78 bits per heavy atom. The Balaban J connectivity index is 1.38. The smallest absolute Gasteiger partial charge is 0.224 e. The van der Waals surface area contributed by atoms with E-state index in [2.05, 4.69) is 16.2 Å². The predicted molar refractivity (Wildman–Crippen MR) is 102 cm³/mol. The van der Waals surface area contributed by atoms with E-state index in [0.717, 1.165) is 66.1 Å². The summed E-state index contributed by atoms with van der Waals surface area (Å²) in [5, 5.41) is 8.68. The Hall–Kier alpha value is -2.86. The van der Waals surface area contributed by atoms with Gasteiger partial charge in [-0.2, -0.15) is 5.10 Å². The zero-order valence-corrected chi connectivity index (χ0v) is 15.0. The highest BCUT2D eigenvalue weighted by molar-refractivity contribution is 5.94. The molecule has 6 heteroatoms. The number of benzene rings is 2. The second kappa shape index (κ2) is 6.70. The van der Waals surface area contributed by atoms with Crippen LogP contribution in [0.2, 0.25) is 0 Å². The van der Waals surface area contributed by atoms with Gasteiger partial charge in [0.1, 0.15) is 11.5 Å². The number of aromatic nitrogens is 2. The van der Waals surface area contributed by atoms with Crippen molar-refractivity contribution >= 4 is 22.5 Å². The van der Waals surface area contributed by atoms with Gasteiger partial charge in [0.25, 0.3) is 0 Å². The number of anilines is 1. The van der Waals surface area contributed by atoms with Crippen molar-refractivity contribution in [3.63, 3.8) is 0 Å². The second-order valence-electron chi connectivity index (χ2n) is 7.14. The topological polar surface area (TPSA) is 65.4 Å². The van der Waals surface area contributed by atoms with E-state index in [1.165, 1.54) is 0 Å². The summed E-state index contributed by atoms with van der Waals surface area (Å²) in [6.45, 7) is 1.60. The van der Waals surface area contributed by atoms with E-state index in [0.29, 0.717) is 12.5 Å². The molecule has 27 heavy (non-hydrogen) atoms. The van der Waals surface area contributed by atoms with E-state index in [1.807, 2.05) is 36.4 Å². The molecule has 0 atom stereocenters. The number of carbonyl (C=O) groups excluding carboxylic acids is 1. The maximum absolute atomic E-state index is 11.5. The standard InChI is InChI=1S/C21H21N3O3/c25-21-6-1-14-11-17(2-4-19(14)22-21)27-18-3-5-20-15(12-18)13-24(23-20)16-7-9-26-10-8-16/h2-5,11-13,16H,1,6-10H2,(H,22,25). The number of aryl methyl sites for hydroxylation is 1. The molecule has 0 spiro atoms. The van der Waals surface area contributed by atoms with E-state index >= 15 is 0 Å². The maximum Gasteiger partial charge on any atom is 0.224 e. The van der Waals surface area contributed by atoms with Crippen molar-refractivity contribution in [3.05, 3.63) is 48.2 Å². The molecule has 0 unspecified atom stereocenters.